The van der Waals surface area contributed by atoms with E-state index in [1.165, 1.54) is 12.1 Å². The van der Waals surface area contributed by atoms with Gasteiger partial charge in [-0.25, -0.2) is 5.53 Å². The van der Waals surface area contributed by atoms with Gasteiger partial charge in [0, 0.05) is 18.7 Å². The van der Waals surface area contributed by atoms with E-state index in [-0.39, 0.29) is 16.9 Å². The highest BCUT2D eigenvalue weighted by Gasteiger charge is 2.16. The van der Waals surface area contributed by atoms with E-state index in [2.05, 4.69) is 10.4 Å². The highest BCUT2D eigenvalue weighted by Crippen LogP contribution is 2.24. The maximum Gasteiger partial charge on any atom is 0.270 e. The van der Waals surface area contributed by atoms with Gasteiger partial charge < -0.3 is 5.32 Å². The van der Waals surface area contributed by atoms with Crippen LogP contribution in [-0.4, -0.2) is 17.4 Å². The Morgan fingerprint density at radius 1 is 1.56 bits per heavy atom. The fourth-order valence-electron chi connectivity index (χ4n) is 1.39. The van der Waals surface area contributed by atoms with Gasteiger partial charge in [-0.3, -0.25) is 14.9 Å². The number of nitro benzene ring substituents is 1. The number of rotatable bonds is 6. The topological polar surface area (TPSA) is 108 Å². The number of hydrogen-bond acceptors (Lipinski definition) is 5. The van der Waals surface area contributed by atoms with Crippen molar-refractivity contribution >= 4 is 17.3 Å². The number of hydrogen-bond donors (Lipinski definition) is 2. The van der Waals surface area contributed by atoms with Crippen LogP contribution in [0.25, 0.3) is 0 Å². The lowest BCUT2D eigenvalue weighted by atomic mass is 10.1. The SMILES string of the molecule is CCCCNC(=O)c1cc([N+](=O)[O-])ccc1N=N. The average molecular weight is 250 g/mol. The lowest BCUT2D eigenvalue weighted by Crippen LogP contribution is -2.24. The highest BCUT2D eigenvalue weighted by molar-refractivity contribution is 5.99. The Bertz CT molecular complexity index is 473. The molecule has 7 heteroatoms. The molecular formula is C11H14N4O3. The summed E-state index contributed by atoms with van der Waals surface area (Å²) in [5.41, 5.74) is 6.92. The minimum Gasteiger partial charge on any atom is -0.352 e. The van der Waals surface area contributed by atoms with Crippen LogP contribution < -0.4 is 5.32 Å². The minimum absolute atomic E-state index is 0.0512. The quantitative estimate of drug-likeness (QED) is 0.350. The van der Waals surface area contributed by atoms with Crippen LogP contribution in [0.3, 0.4) is 0 Å². The zero-order valence-corrected chi connectivity index (χ0v) is 9.97. The van der Waals surface area contributed by atoms with Gasteiger partial charge in [0.05, 0.1) is 16.2 Å². The summed E-state index contributed by atoms with van der Waals surface area (Å²) in [6, 6.07) is 3.64. The molecule has 0 aliphatic heterocycles. The van der Waals surface area contributed by atoms with E-state index in [9.17, 15) is 14.9 Å². The fraction of sp³-hybridized carbons (Fsp3) is 0.364. The number of benzene rings is 1. The molecule has 0 aliphatic carbocycles. The Morgan fingerprint density at radius 2 is 2.28 bits per heavy atom. The summed E-state index contributed by atoms with van der Waals surface area (Å²) in [6.07, 6.45) is 1.76. The molecule has 0 aromatic heterocycles. The lowest BCUT2D eigenvalue weighted by Gasteiger charge is -2.06. The minimum atomic E-state index is -0.587. The molecule has 96 valence electrons. The standard InChI is InChI=1S/C11H14N4O3/c1-2-3-6-13-11(16)9-7-8(15(17)18)4-5-10(9)14-12/h4-5,7,12H,2-3,6H2,1H3,(H,13,16). The number of non-ortho nitro benzene ring substituents is 1. The first-order valence-electron chi connectivity index (χ1n) is 5.54. The first kappa shape index (κ1) is 13.8. The van der Waals surface area contributed by atoms with Gasteiger partial charge in [0.25, 0.3) is 11.6 Å². The molecule has 2 N–H and O–H groups in total. The third-order valence-corrected chi connectivity index (χ3v) is 2.37. The monoisotopic (exact) mass is 250 g/mol. The summed E-state index contributed by atoms with van der Waals surface area (Å²) < 4.78 is 0. The summed E-state index contributed by atoms with van der Waals surface area (Å²) >= 11 is 0. The second kappa shape index (κ2) is 6.43. The third kappa shape index (κ3) is 3.34. The molecule has 7 nitrogen and oxygen atoms in total. The highest BCUT2D eigenvalue weighted by atomic mass is 16.6. The van der Waals surface area contributed by atoms with Crippen LogP contribution in [0.2, 0.25) is 0 Å². The number of nitrogens with one attached hydrogen (secondary N) is 2. The number of carbonyl (C=O) groups excluding carboxylic acids is 1. The predicted molar refractivity (Wildman–Crippen MR) is 65.1 cm³/mol. The van der Waals surface area contributed by atoms with Crippen molar-refractivity contribution in [3.63, 3.8) is 0 Å². The lowest BCUT2D eigenvalue weighted by molar-refractivity contribution is -0.384. The first-order chi connectivity index (χ1) is 8.60. The Labute approximate surface area is 104 Å². The second-order valence-corrected chi connectivity index (χ2v) is 3.68. The van der Waals surface area contributed by atoms with Gasteiger partial charge >= 0.3 is 0 Å². The van der Waals surface area contributed by atoms with E-state index in [0.717, 1.165) is 18.9 Å². The van der Waals surface area contributed by atoms with E-state index in [1.54, 1.807) is 0 Å². The fourth-order valence-corrected chi connectivity index (χ4v) is 1.39. The van der Waals surface area contributed by atoms with Gasteiger partial charge in [-0.05, 0) is 12.5 Å². The summed E-state index contributed by atoms with van der Waals surface area (Å²) in [5.74, 6) is -0.446. The Morgan fingerprint density at radius 3 is 2.83 bits per heavy atom. The van der Waals surface area contributed by atoms with Crippen LogP contribution in [-0.2, 0) is 0 Å². The van der Waals surface area contributed by atoms with Crippen LogP contribution in [0.15, 0.2) is 23.3 Å². The molecule has 0 saturated carbocycles. The Kier molecular flexibility index (Phi) is 4.91. The molecule has 0 unspecified atom stereocenters. The van der Waals surface area contributed by atoms with Gasteiger partial charge in [0.15, 0.2) is 0 Å². The van der Waals surface area contributed by atoms with Crippen LogP contribution in [0.1, 0.15) is 30.1 Å². The molecule has 0 atom stereocenters. The second-order valence-electron chi connectivity index (χ2n) is 3.68. The third-order valence-electron chi connectivity index (χ3n) is 2.37. The summed E-state index contributed by atoms with van der Waals surface area (Å²) in [5, 5.41) is 16.5. The number of nitrogens with zero attached hydrogens (tertiary/aromatic N) is 2. The van der Waals surface area contributed by atoms with Crippen molar-refractivity contribution in [1.29, 1.82) is 5.53 Å². The molecule has 0 spiro atoms. The van der Waals surface area contributed by atoms with Gasteiger partial charge in [0.2, 0.25) is 0 Å². The van der Waals surface area contributed by atoms with Crippen LogP contribution in [0, 0.1) is 15.6 Å². The maximum atomic E-state index is 11.8. The molecule has 0 heterocycles. The predicted octanol–water partition coefficient (Wildman–Crippen LogP) is 2.79. The molecule has 18 heavy (non-hydrogen) atoms. The van der Waals surface area contributed by atoms with Gasteiger partial charge in [-0.2, -0.15) is 5.11 Å². The molecule has 0 aliphatic rings. The number of unbranched alkanes of at least 4 members (excludes halogenated alkanes) is 1. The van der Waals surface area contributed by atoms with Crippen LogP contribution >= 0.6 is 0 Å². The van der Waals surface area contributed by atoms with Crippen molar-refractivity contribution in [2.45, 2.75) is 19.8 Å². The largest absolute Gasteiger partial charge is 0.352 e. The summed E-state index contributed by atoms with van der Waals surface area (Å²) in [7, 11) is 0. The average Bonchev–Trinajstić information content (AvgIpc) is 2.38. The Hall–Kier alpha value is -2.31. The van der Waals surface area contributed by atoms with Gasteiger partial charge in [-0.1, -0.05) is 13.3 Å². The zero-order chi connectivity index (χ0) is 13.5. The number of carbonyl (C=O) groups is 1. The van der Waals surface area contributed by atoms with E-state index < -0.39 is 10.8 Å². The maximum absolute atomic E-state index is 11.8. The Balaban J connectivity index is 2.96. The zero-order valence-electron chi connectivity index (χ0n) is 9.97. The molecule has 0 bridgehead atoms. The van der Waals surface area contributed by atoms with Crippen molar-refractivity contribution in [3.05, 3.63) is 33.9 Å². The van der Waals surface area contributed by atoms with E-state index in [4.69, 9.17) is 5.53 Å². The van der Waals surface area contributed by atoms with E-state index in [0.29, 0.717) is 6.54 Å². The molecule has 0 saturated heterocycles. The molecular weight excluding hydrogens is 236 g/mol. The van der Waals surface area contributed by atoms with E-state index >= 15 is 0 Å². The summed E-state index contributed by atoms with van der Waals surface area (Å²) in [4.78, 5) is 21.8. The molecule has 1 aromatic rings. The van der Waals surface area contributed by atoms with Crippen molar-refractivity contribution < 1.29 is 9.72 Å². The normalized spacial score (nSPS) is 9.83. The smallest absolute Gasteiger partial charge is 0.270 e. The molecule has 1 rings (SSSR count). The van der Waals surface area contributed by atoms with Gasteiger partial charge in [-0.15, -0.1) is 0 Å². The molecule has 0 fully saturated rings. The van der Waals surface area contributed by atoms with E-state index in [1.807, 2.05) is 6.92 Å². The van der Waals surface area contributed by atoms with Crippen LogP contribution in [0.5, 0.6) is 0 Å². The van der Waals surface area contributed by atoms with Gasteiger partial charge in [0.1, 0.15) is 0 Å². The van der Waals surface area contributed by atoms with Crippen molar-refractivity contribution in [2.24, 2.45) is 5.11 Å². The van der Waals surface area contributed by atoms with Crippen molar-refractivity contribution in [2.75, 3.05) is 6.54 Å². The number of amides is 1. The molecule has 1 amide bonds. The van der Waals surface area contributed by atoms with Crippen molar-refractivity contribution in [1.82, 2.24) is 5.32 Å². The first-order valence-corrected chi connectivity index (χ1v) is 5.54. The molecule has 0 radical (unpaired) electrons. The summed E-state index contributed by atoms with van der Waals surface area (Å²) in [6.45, 7) is 2.49. The van der Waals surface area contributed by atoms with Crippen molar-refractivity contribution in [3.8, 4) is 0 Å². The molecule has 1 aromatic carbocycles. The van der Waals surface area contributed by atoms with Crippen LogP contribution in [0.4, 0.5) is 11.4 Å². The number of nitro groups is 1.